The summed E-state index contributed by atoms with van der Waals surface area (Å²) in [5.74, 6) is 0. The molecule has 13 heavy (non-hydrogen) atoms. The fourth-order valence-electron chi connectivity index (χ4n) is 1.91. The van der Waals surface area contributed by atoms with Gasteiger partial charge in [0.15, 0.2) is 0 Å². The Balaban J connectivity index is 3.47. The van der Waals surface area contributed by atoms with Crippen LogP contribution in [0.3, 0.4) is 0 Å². The van der Waals surface area contributed by atoms with Gasteiger partial charge in [-0.3, -0.25) is 0 Å². The molecule has 0 aromatic rings. The minimum absolute atomic E-state index is 0.752. The predicted octanol–water partition coefficient (Wildman–Crippen LogP) is 4.88. The van der Waals surface area contributed by atoms with Crippen molar-refractivity contribution in [3.63, 3.8) is 0 Å². The third kappa shape index (κ3) is 8.95. The summed E-state index contributed by atoms with van der Waals surface area (Å²) >= 11 is -0.752. The zero-order valence-electron chi connectivity index (χ0n) is 9.94. The molecule has 0 nitrogen and oxygen atoms in total. The van der Waals surface area contributed by atoms with Gasteiger partial charge in [0.05, 0.1) is 0 Å². The van der Waals surface area contributed by atoms with Crippen molar-refractivity contribution in [3.05, 3.63) is 0 Å². The van der Waals surface area contributed by atoms with Crippen molar-refractivity contribution in [2.45, 2.75) is 74.2 Å². The maximum absolute atomic E-state index is 2.33. The first-order valence-electron chi connectivity index (χ1n) is 6.35. The van der Waals surface area contributed by atoms with Gasteiger partial charge in [-0.15, -0.1) is 0 Å². The van der Waals surface area contributed by atoms with E-state index in [0.29, 0.717) is 0 Å². The van der Waals surface area contributed by atoms with E-state index in [4.69, 9.17) is 0 Å². The number of hydrogen-bond acceptors (Lipinski definition) is 0. The molecule has 1 heteroatoms. The predicted molar refractivity (Wildman–Crippen MR) is 64.9 cm³/mol. The van der Waals surface area contributed by atoms with Gasteiger partial charge in [-0.1, -0.05) is 0 Å². The van der Waals surface area contributed by atoms with Crippen LogP contribution < -0.4 is 0 Å². The SMILES string of the molecule is CCC[CH2][Ga]([CH2]CCC)[CH2]CCC. The summed E-state index contributed by atoms with van der Waals surface area (Å²) in [6.45, 7) is 7.00. The van der Waals surface area contributed by atoms with E-state index >= 15 is 0 Å². The van der Waals surface area contributed by atoms with Crippen molar-refractivity contribution < 1.29 is 0 Å². The summed E-state index contributed by atoms with van der Waals surface area (Å²) in [6, 6.07) is 0. The van der Waals surface area contributed by atoms with E-state index in [1.54, 1.807) is 14.9 Å². The molecule has 0 aliphatic rings. The molecule has 0 fully saturated rings. The van der Waals surface area contributed by atoms with E-state index in [0.717, 1.165) is 0 Å². The fraction of sp³-hybridized carbons (Fsp3) is 1.00. The molecular weight excluding hydrogens is 214 g/mol. The summed E-state index contributed by atoms with van der Waals surface area (Å²) < 4.78 is 0. The number of rotatable bonds is 9. The van der Waals surface area contributed by atoms with Gasteiger partial charge < -0.3 is 0 Å². The topological polar surface area (TPSA) is 0 Å². The number of hydrogen-bond donors (Lipinski definition) is 0. The average molecular weight is 241 g/mol. The molecule has 0 saturated carbocycles. The van der Waals surface area contributed by atoms with Crippen LogP contribution in [0.5, 0.6) is 0 Å². The molecule has 0 atom stereocenters. The van der Waals surface area contributed by atoms with E-state index in [1.807, 2.05) is 0 Å². The minimum atomic E-state index is -0.752. The molecule has 0 spiro atoms. The van der Waals surface area contributed by atoms with Gasteiger partial charge in [0, 0.05) is 0 Å². The average Bonchev–Trinajstić information content (AvgIpc) is 2.17. The molecule has 0 radical (unpaired) electrons. The molecule has 0 aromatic carbocycles. The zero-order chi connectivity index (χ0) is 9.94. The van der Waals surface area contributed by atoms with E-state index in [9.17, 15) is 0 Å². The van der Waals surface area contributed by atoms with Crippen molar-refractivity contribution in [1.82, 2.24) is 0 Å². The van der Waals surface area contributed by atoms with Crippen molar-refractivity contribution in [2.24, 2.45) is 0 Å². The standard InChI is InChI=1S/3C4H9.Ga/c3*1-3-4-2;/h3*1,3-4H2,2H3;. The van der Waals surface area contributed by atoms with Crippen LogP contribution in [-0.2, 0) is 0 Å². The van der Waals surface area contributed by atoms with Crippen molar-refractivity contribution in [3.8, 4) is 0 Å². The van der Waals surface area contributed by atoms with Crippen LogP contribution >= 0.6 is 0 Å². The van der Waals surface area contributed by atoms with E-state index in [-0.39, 0.29) is 0 Å². The Bertz CT molecular complexity index is 72.1. The molecule has 0 saturated heterocycles. The first kappa shape index (κ1) is 13.6. The van der Waals surface area contributed by atoms with Crippen molar-refractivity contribution in [1.29, 1.82) is 0 Å². The van der Waals surface area contributed by atoms with Crippen LogP contribution in [0.1, 0.15) is 59.3 Å². The van der Waals surface area contributed by atoms with E-state index < -0.39 is 16.2 Å². The van der Waals surface area contributed by atoms with E-state index in [1.165, 1.54) is 38.5 Å². The van der Waals surface area contributed by atoms with Crippen LogP contribution in [-0.4, -0.2) is 16.2 Å². The van der Waals surface area contributed by atoms with Gasteiger partial charge in [0.25, 0.3) is 0 Å². The van der Waals surface area contributed by atoms with Crippen molar-refractivity contribution >= 4 is 16.2 Å². The van der Waals surface area contributed by atoms with E-state index in [2.05, 4.69) is 20.8 Å². The van der Waals surface area contributed by atoms with Crippen LogP contribution in [0.2, 0.25) is 14.9 Å². The molecule has 0 aliphatic carbocycles. The Labute approximate surface area is 90.5 Å². The Morgan fingerprint density at radius 3 is 1.15 bits per heavy atom. The van der Waals surface area contributed by atoms with Gasteiger partial charge in [-0.25, -0.2) is 0 Å². The first-order valence-corrected chi connectivity index (χ1v) is 11.5. The Hall–Kier alpha value is 0.636. The monoisotopic (exact) mass is 240 g/mol. The van der Waals surface area contributed by atoms with Gasteiger partial charge in [0.1, 0.15) is 0 Å². The van der Waals surface area contributed by atoms with Gasteiger partial charge in [-0.05, 0) is 0 Å². The fourth-order valence-corrected chi connectivity index (χ4v) is 9.93. The molecular formula is C12H27Ga. The second kappa shape index (κ2) is 10.7. The summed E-state index contributed by atoms with van der Waals surface area (Å²) in [6.07, 6.45) is 8.83. The first-order chi connectivity index (χ1) is 6.35. The Morgan fingerprint density at radius 1 is 0.615 bits per heavy atom. The third-order valence-corrected chi connectivity index (χ3v) is 10.6. The van der Waals surface area contributed by atoms with Gasteiger partial charge in [-0.2, -0.15) is 0 Å². The maximum atomic E-state index is 2.33. The molecule has 0 N–H and O–H groups in total. The van der Waals surface area contributed by atoms with Crippen molar-refractivity contribution in [2.75, 3.05) is 0 Å². The Kier molecular flexibility index (Phi) is 11.2. The molecule has 0 rings (SSSR count). The normalized spacial score (nSPS) is 10.4. The molecule has 0 unspecified atom stereocenters. The quantitative estimate of drug-likeness (QED) is 0.504. The van der Waals surface area contributed by atoms with Gasteiger partial charge >= 0.3 is 90.4 Å². The summed E-state index contributed by atoms with van der Waals surface area (Å²) in [5, 5.41) is 0. The Morgan fingerprint density at radius 2 is 0.923 bits per heavy atom. The number of unbranched alkanes of at least 4 members (excludes halogenated alkanes) is 3. The van der Waals surface area contributed by atoms with Gasteiger partial charge in [0.2, 0.25) is 0 Å². The summed E-state index contributed by atoms with van der Waals surface area (Å²) in [5.41, 5.74) is 0. The van der Waals surface area contributed by atoms with Crippen LogP contribution in [0.15, 0.2) is 0 Å². The second-order valence-electron chi connectivity index (χ2n) is 4.29. The molecule has 0 heterocycles. The molecule has 0 amide bonds. The van der Waals surface area contributed by atoms with Crippen LogP contribution in [0.25, 0.3) is 0 Å². The van der Waals surface area contributed by atoms with Crippen LogP contribution in [0.4, 0.5) is 0 Å². The molecule has 78 valence electrons. The molecule has 0 aromatic heterocycles. The second-order valence-corrected chi connectivity index (χ2v) is 11.6. The summed E-state index contributed by atoms with van der Waals surface area (Å²) in [4.78, 5) is 5.01. The zero-order valence-corrected chi connectivity index (χ0v) is 12.4. The molecule has 0 bridgehead atoms. The summed E-state index contributed by atoms with van der Waals surface area (Å²) in [7, 11) is 0. The third-order valence-electron chi connectivity index (χ3n) is 2.90. The van der Waals surface area contributed by atoms with Crippen LogP contribution in [0, 0.1) is 0 Å². The molecule has 0 aliphatic heterocycles.